The Labute approximate surface area is 85.8 Å². The van der Waals surface area contributed by atoms with Crippen LogP contribution in [0.3, 0.4) is 0 Å². The largest absolute Gasteiger partial charge is 0.293 e. The van der Waals surface area contributed by atoms with E-state index in [1.807, 2.05) is 6.92 Å². The number of nitrogens with one attached hydrogen (secondary N) is 1. The van der Waals surface area contributed by atoms with Crippen LogP contribution in [0.15, 0.2) is 0 Å². The summed E-state index contributed by atoms with van der Waals surface area (Å²) >= 11 is 0. The van der Waals surface area contributed by atoms with Gasteiger partial charge in [0.05, 0.1) is 6.04 Å². The van der Waals surface area contributed by atoms with Crippen molar-refractivity contribution in [1.82, 2.24) is 10.3 Å². The highest BCUT2D eigenvalue weighted by Gasteiger charge is 2.35. The molecule has 0 aromatic rings. The molecular formula is C10H21N3O. The first-order chi connectivity index (χ1) is 6.50. The summed E-state index contributed by atoms with van der Waals surface area (Å²) in [6.07, 6.45) is 1.97. The maximum atomic E-state index is 11.5. The van der Waals surface area contributed by atoms with Gasteiger partial charge in [-0.25, -0.2) is 5.84 Å². The Morgan fingerprint density at radius 1 is 1.64 bits per heavy atom. The molecule has 1 fully saturated rings. The molecule has 0 aromatic carbocycles. The third-order valence-electron chi connectivity index (χ3n) is 2.98. The van der Waals surface area contributed by atoms with Crippen LogP contribution < -0.4 is 11.3 Å². The van der Waals surface area contributed by atoms with Gasteiger partial charge in [-0.05, 0) is 24.8 Å². The van der Waals surface area contributed by atoms with Gasteiger partial charge in [-0.15, -0.1) is 0 Å². The molecule has 0 aliphatic carbocycles. The third kappa shape index (κ3) is 2.45. The van der Waals surface area contributed by atoms with Crippen LogP contribution in [-0.2, 0) is 4.79 Å². The lowest BCUT2D eigenvalue weighted by Crippen LogP contribution is -2.48. The number of hydrogen-bond donors (Lipinski definition) is 2. The van der Waals surface area contributed by atoms with Crippen LogP contribution in [0.1, 0.15) is 33.6 Å². The molecule has 0 saturated carbocycles. The van der Waals surface area contributed by atoms with Crippen molar-refractivity contribution in [2.24, 2.45) is 11.3 Å². The van der Waals surface area contributed by atoms with E-state index in [9.17, 15) is 4.79 Å². The maximum Gasteiger partial charge on any atom is 0.251 e. The van der Waals surface area contributed by atoms with E-state index in [1.165, 1.54) is 0 Å². The summed E-state index contributed by atoms with van der Waals surface area (Å²) in [6, 6.07) is -0.0539. The van der Waals surface area contributed by atoms with Crippen LogP contribution in [0, 0.1) is 5.41 Å². The molecule has 0 aromatic heterocycles. The summed E-state index contributed by atoms with van der Waals surface area (Å²) in [6.45, 7) is 8.48. The first-order valence-electron chi connectivity index (χ1n) is 5.24. The molecule has 4 nitrogen and oxygen atoms in total. The number of carbonyl (C=O) groups excluding carboxylic acids is 1. The van der Waals surface area contributed by atoms with Crippen molar-refractivity contribution in [2.75, 3.05) is 13.1 Å². The molecule has 3 N–H and O–H groups in total. The minimum Gasteiger partial charge on any atom is -0.293 e. The van der Waals surface area contributed by atoms with Crippen LogP contribution in [0.25, 0.3) is 0 Å². The second-order valence-electron chi connectivity index (χ2n) is 4.82. The lowest BCUT2D eigenvalue weighted by atomic mass is 9.93. The molecule has 1 amide bonds. The van der Waals surface area contributed by atoms with Crippen LogP contribution >= 0.6 is 0 Å². The quantitative estimate of drug-likeness (QED) is 0.395. The van der Waals surface area contributed by atoms with E-state index in [2.05, 4.69) is 24.2 Å². The van der Waals surface area contributed by atoms with Crippen LogP contribution in [0.5, 0.6) is 0 Å². The fourth-order valence-corrected chi connectivity index (χ4v) is 2.13. The summed E-state index contributed by atoms with van der Waals surface area (Å²) < 4.78 is 0. The van der Waals surface area contributed by atoms with E-state index in [0.717, 1.165) is 25.9 Å². The molecule has 82 valence electrons. The van der Waals surface area contributed by atoms with Crippen LogP contribution in [-0.4, -0.2) is 29.9 Å². The number of hydrogen-bond acceptors (Lipinski definition) is 3. The molecular weight excluding hydrogens is 178 g/mol. The van der Waals surface area contributed by atoms with Crippen molar-refractivity contribution in [3.63, 3.8) is 0 Å². The van der Waals surface area contributed by atoms with Gasteiger partial charge in [-0.3, -0.25) is 15.1 Å². The first-order valence-corrected chi connectivity index (χ1v) is 5.24. The molecule has 1 unspecified atom stereocenters. The van der Waals surface area contributed by atoms with Gasteiger partial charge in [0, 0.05) is 6.54 Å². The normalized spacial score (nSPS) is 23.4. The number of nitrogens with two attached hydrogens (primary N) is 1. The van der Waals surface area contributed by atoms with Gasteiger partial charge in [-0.1, -0.05) is 20.8 Å². The van der Waals surface area contributed by atoms with Gasteiger partial charge in [0.15, 0.2) is 0 Å². The lowest BCUT2D eigenvalue weighted by molar-refractivity contribution is -0.126. The second-order valence-corrected chi connectivity index (χ2v) is 4.82. The zero-order chi connectivity index (χ0) is 10.8. The second kappa shape index (κ2) is 4.28. The Bertz CT molecular complexity index is 215. The molecule has 1 atom stereocenters. The number of carbonyl (C=O) groups is 1. The summed E-state index contributed by atoms with van der Waals surface area (Å²) in [5, 5.41) is 0. The van der Waals surface area contributed by atoms with Gasteiger partial charge in [0.1, 0.15) is 0 Å². The average Bonchev–Trinajstić information content (AvgIpc) is 2.47. The van der Waals surface area contributed by atoms with Crippen molar-refractivity contribution in [1.29, 1.82) is 0 Å². The molecule has 1 rings (SSSR count). The molecule has 4 heteroatoms. The Balaban J connectivity index is 2.59. The molecule has 0 bridgehead atoms. The van der Waals surface area contributed by atoms with Gasteiger partial charge < -0.3 is 0 Å². The first kappa shape index (κ1) is 11.5. The number of likely N-dealkylation sites (tertiary alicyclic amines) is 1. The molecule has 14 heavy (non-hydrogen) atoms. The minimum atomic E-state index is -0.0646. The highest BCUT2D eigenvalue weighted by molar-refractivity contribution is 5.81. The number of nitrogens with zero attached hydrogens (tertiary/aromatic N) is 1. The highest BCUT2D eigenvalue weighted by atomic mass is 16.2. The molecule has 1 heterocycles. The van der Waals surface area contributed by atoms with E-state index < -0.39 is 0 Å². The Morgan fingerprint density at radius 2 is 2.29 bits per heavy atom. The number of rotatable bonds is 3. The topological polar surface area (TPSA) is 58.4 Å². The van der Waals surface area contributed by atoms with Gasteiger partial charge in [-0.2, -0.15) is 0 Å². The van der Waals surface area contributed by atoms with E-state index in [0.29, 0.717) is 5.41 Å². The van der Waals surface area contributed by atoms with Gasteiger partial charge in [0.2, 0.25) is 0 Å². The molecule has 0 radical (unpaired) electrons. The van der Waals surface area contributed by atoms with E-state index in [-0.39, 0.29) is 11.9 Å². The number of amides is 1. The summed E-state index contributed by atoms with van der Waals surface area (Å²) in [5.74, 6) is 5.09. The van der Waals surface area contributed by atoms with Crippen LogP contribution in [0.2, 0.25) is 0 Å². The van der Waals surface area contributed by atoms with Crippen LogP contribution in [0.4, 0.5) is 0 Å². The SMILES string of the molecule is CCC(C(=O)NN)N1CCC(C)(C)C1. The third-order valence-corrected chi connectivity index (χ3v) is 2.98. The van der Waals surface area contributed by atoms with Crippen molar-refractivity contribution in [2.45, 2.75) is 39.7 Å². The predicted molar refractivity (Wildman–Crippen MR) is 56.4 cm³/mol. The van der Waals surface area contributed by atoms with Crippen molar-refractivity contribution < 1.29 is 4.79 Å². The summed E-state index contributed by atoms with van der Waals surface area (Å²) in [7, 11) is 0. The average molecular weight is 199 g/mol. The fraction of sp³-hybridized carbons (Fsp3) is 0.900. The molecule has 0 spiro atoms. The molecule has 1 aliphatic heterocycles. The zero-order valence-corrected chi connectivity index (χ0v) is 9.34. The predicted octanol–water partition coefficient (Wildman–Crippen LogP) is 0.487. The Kier molecular flexibility index (Phi) is 3.50. The summed E-state index contributed by atoms with van der Waals surface area (Å²) in [4.78, 5) is 13.7. The Morgan fingerprint density at radius 3 is 2.64 bits per heavy atom. The molecule has 1 aliphatic rings. The van der Waals surface area contributed by atoms with Crippen molar-refractivity contribution in [3.8, 4) is 0 Å². The Hall–Kier alpha value is -0.610. The maximum absolute atomic E-state index is 11.5. The monoisotopic (exact) mass is 199 g/mol. The summed E-state index contributed by atoms with van der Waals surface area (Å²) in [5.41, 5.74) is 2.58. The van der Waals surface area contributed by atoms with Crippen molar-refractivity contribution in [3.05, 3.63) is 0 Å². The van der Waals surface area contributed by atoms with E-state index in [1.54, 1.807) is 0 Å². The van der Waals surface area contributed by atoms with E-state index >= 15 is 0 Å². The minimum absolute atomic E-state index is 0.0539. The fourth-order valence-electron chi connectivity index (χ4n) is 2.13. The standard InChI is InChI=1S/C10H21N3O/c1-4-8(9(14)12-11)13-6-5-10(2,3)7-13/h8H,4-7,11H2,1-3H3,(H,12,14). The van der Waals surface area contributed by atoms with Gasteiger partial charge in [0.25, 0.3) is 5.91 Å². The lowest BCUT2D eigenvalue weighted by Gasteiger charge is -2.26. The van der Waals surface area contributed by atoms with E-state index in [4.69, 9.17) is 5.84 Å². The van der Waals surface area contributed by atoms with Crippen molar-refractivity contribution >= 4 is 5.91 Å². The highest BCUT2D eigenvalue weighted by Crippen LogP contribution is 2.30. The molecule has 1 saturated heterocycles. The zero-order valence-electron chi connectivity index (χ0n) is 9.34. The number of hydrazine groups is 1. The van der Waals surface area contributed by atoms with Gasteiger partial charge >= 0.3 is 0 Å². The smallest absolute Gasteiger partial charge is 0.251 e.